The molecule has 9 heteroatoms. The maximum atomic E-state index is 12.0. The number of halogens is 3. The predicted molar refractivity (Wildman–Crippen MR) is 58.7 cm³/mol. The molecule has 0 fully saturated rings. The molecule has 1 rings (SSSR count). The fourth-order valence-electron chi connectivity index (χ4n) is 1.25. The molecule has 0 aliphatic rings. The van der Waals surface area contributed by atoms with E-state index in [9.17, 15) is 21.6 Å². The average molecular weight is 284 g/mol. The van der Waals surface area contributed by atoms with Gasteiger partial charge in [-0.25, -0.2) is 8.42 Å². The molecule has 0 bridgehead atoms. The van der Waals surface area contributed by atoms with Gasteiger partial charge in [0.25, 0.3) is 0 Å². The minimum atomic E-state index is -4.85. The molecule has 0 heterocycles. The van der Waals surface area contributed by atoms with E-state index in [4.69, 9.17) is 5.84 Å². The summed E-state index contributed by atoms with van der Waals surface area (Å²) in [6.07, 6.45) is -4.85. The van der Waals surface area contributed by atoms with Gasteiger partial charge in [0.15, 0.2) is 9.84 Å². The summed E-state index contributed by atoms with van der Waals surface area (Å²) in [7, 11) is -3.58. The molecule has 102 valence electrons. The standard InChI is InChI=1S/C9H11F3N2O3S/c1-2-18(15,16)8-4-3-6(5-7(8)14-13)17-9(10,11)12/h3-5,14H,2,13H2,1H3. The van der Waals surface area contributed by atoms with Crippen molar-refractivity contribution in [2.24, 2.45) is 5.84 Å². The van der Waals surface area contributed by atoms with Crippen LogP contribution in [0.2, 0.25) is 0 Å². The van der Waals surface area contributed by atoms with Gasteiger partial charge in [-0.2, -0.15) is 0 Å². The fraction of sp³-hybridized carbons (Fsp3) is 0.333. The maximum Gasteiger partial charge on any atom is 0.573 e. The van der Waals surface area contributed by atoms with Gasteiger partial charge in [-0.05, 0) is 12.1 Å². The van der Waals surface area contributed by atoms with Gasteiger partial charge in [-0.15, -0.1) is 13.2 Å². The van der Waals surface area contributed by atoms with Crippen LogP contribution in [0.4, 0.5) is 18.9 Å². The molecule has 0 amide bonds. The zero-order chi connectivity index (χ0) is 14.0. The van der Waals surface area contributed by atoms with Crippen molar-refractivity contribution in [1.29, 1.82) is 0 Å². The first-order valence-corrected chi connectivity index (χ1v) is 6.44. The van der Waals surface area contributed by atoms with Crippen LogP contribution in [0.3, 0.4) is 0 Å². The number of nitrogens with one attached hydrogen (secondary N) is 1. The summed E-state index contributed by atoms with van der Waals surface area (Å²) in [6, 6.07) is 2.79. The first-order valence-electron chi connectivity index (χ1n) is 4.79. The van der Waals surface area contributed by atoms with Crippen LogP contribution in [0.1, 0.15) is 6.92 Å². The zero-order valence-corrected chi connectivity index (χ0v) is 10.1. The number of benzene rings is 1. The molecule has 0 aromatic heterocycles. The van der Waals surface area contributed by atoms with Crippen molar-refractivity contribution in [3.63, 3.8) is 0 Å². The SMILES string of the molecule is CCS(=O)(=O)c1ccc(OC(F)(F)F)cc1NN. The Labute approximate surface area is 102 Å². The maximum absolute atomic E-state index is 12.0. The number of hydrazine groups is 1. The fourth-order valence-corrected chi connectivity index (χ4v) is 2.29. The van der Waals surface area contributed by atoms with E-state index >= 15 is 0 Å². The Morgan fingerprint density at radius 2 is 2.00 bits per heavy atom. The molecule has 0 spiro atoms. The lowest BCUT2D eigenvalue weighted by molar-refractivity contribution is -0.274. The van der Waals surface area contributed by atoms with Crippen LogP contribution in [0.15, 0.2) is 23.1 Å². The highest BCUT2D eigenvalue weighted by molar-refractivity contribution is 7.91. The van der Waals surface area contributed by atoms with Gasteiger partial charge in [-0.1, -0.05) is 6.92 Å². The third kappa shape index (κ3) is 3.50. The molecule has 5 nitrogen and oxygen atoms in total. The molecule has 0 atom stereocenters. The molecule has 0 saturated heterocycles. The molecule has 0 aliphatic carbocycles. The summed E-state index contributed by atoms with van der Waals surface area (Å²) in [5, 5.41) is 0. The molecule has 0 saturated carbocycles. The summed E-state index contributed by atoms with van der Waals surface area (Å²) >= 11 is 0. The number of rotatable bonds is 4. The number of alkyl halides is 3. The number of sulfone groups is 1. The highest BCUT2D eigenvalue weighted by atomic mass is 32.2. The van der Waals surface area contributed by atoms with Crippen LogP contribution in [0.25, 0.3) is 0 Å². The zero-order valence-electron chi connectivity index (χ0n) is 9.28. The molecule has 18 heavy (non-hydrogen) atoms. The van der Waals surface area contributed by atoms with E-state index in [0.29, 0.717) is 0 Å². The number of nitrogen functional groups attached to an aromatic ring is 1. The summed E-state index contributed by atoms with van der Waals surface area (Å²) in [4.78, 5) is -0.179. The minimum absolute atomic E-state index is 0.154. The number of ether oxygens (including phenoxy) is 1. The van der Waals surface area contributed by atoms with Crippen LogP contribution >= 0.6 is 0 Å². The Hall–Kier alpha value is -1.48. The van der Waals surface area contributed by atoms with Crippen LogP contribution in [0, 0.1) is 0 Å². The molecular weight excluding hydrogens is 273 g/mol. The lowest BCUT2D eigenvalue weighted by Gasteiger charge is -2.13. The van der Waals surface area contributed by atoms with Crippen molar-refractivity contribution in [3.8, 4) is 5.75 Å². The monoisotopic (exact) mass is 284 g/mol. The molecule has 3 N–H and O–H groups in total. The van der Waals surface area contributed by atoms with E-state index in [1.54, 1.807) is 0 Å². The van der Waals surface area contributed by atoms with Gasteiger partial charge < -0.3 is 10.2 Å². The third-order valence-corrected chi connectivity index (χ3v) is 3.84. The van der Waals surface area contributed by atoms with Gasteiger partial charge in [0.2, 0.25) is 0 Å². The van der Waals surface area contributed by atoms with Crippen LogP contribution < -0.4 is 16.0 Å². The van der Waals surface area contributed by atoms with Crippen molar-refractivity contribution < 1.29 is 26.3 Å². The lowest BCUT2D eigenvalue weighted by atomic mass is 10.3. The van der Waals surface area contributed by atoms with E-state index < -0.39 is 21.9 Å². The van der Waals surface area contributed by atoms with Gasteiger partial charge in [-0.3, -0.25) is 5.84 Å². The van der Waals surface area contributed by atoms with E-state index in [1.807, 2.05) is 5.43 Å². The van der Waals surface area contributed by atoms with Crippen LogP contribution in [-0.4, -0.2) is 20.5 Å². The van der Waals surface area contributed by atoms with Crippen molar-refractivity contribution in [2.75, 3.05) is 11.2 Å². The minimum Gasteiger partial charge on any atom is -0.406 e. The Morgan fingerprint density at radius 3 is 2.44 bits per heavy atom. The number of hydrogen-bond acceptors (Lipinski definition) is 5. The Bertz CT molecular complexity index is 528. The Kier molecular flexibility index (Phi) is 4.07. The predicted octanol–water partition coefficient (Wildman–Crippen LogP) is 1.66. The number of hydrogen-bond donors (Lipinski definition) is 2. The Balaban J connectivity index is 3.20. The highest BCUT2D eigenvalue weighted by Crippen LogP contribution is 2.29. The Morgan fingerprint density at radius 1 is 1.39 bits per heavy atom. The second kappa shape index (κ2) is 5.02. The normalized spacial score (nSPS) is 12.3. The largest absolute Gasteiger partial charge is 0.573 e. The van der Waals surface area contributed by atoms with Gasteiger partial charge in [0.1, 0.15) is 5.75 Å². The van der Waals surface area contributed by atoms with Crippen LogP contribution in [0.5, 0.6) is 5.75 Å². The molecule has 0 unspecified atom stereocenters. The summed E-state index contributed by atoms with van der Waals surface area (Å²) < 4.78 is 62.8. The van der Waals surface area contributed by atoms with E-state index in [-0.39, 0.29) is 16.3 Å². The van der Waals surface area contributed by atoms with Crippen LogP contribution in [-0.2, 0) is 9.84 Å². The second-order valence-corrected chi connectivity index (χ2v) is 5.50. The number of nitrogens with two attached hydrogens (primary N) is 1. The number of anilines is 1. The van der Waals surface area contributed by atoms with Crippen molar-refractivity contribution >= 4 is 15.5 Å². The first kappa shape index (κ1) is 14.6. The summed E-state index contributed by atoms with van der Waals surface area (Å²) in [6.45, 7) is 1.41. The summed E-state index contributed by atoms with van der Waals surface area (Å²) in [5.74, 6) is 4.34. The van der Waals surface area contributed by atoms with E-state index in [0.717, 1.165) is 18.2 Å². The molecule has 0 radical (unpaired) electrons. The quantitative estimate of drug-likeness (QED) is 0.649. The second-order valence-electron chi connectivity index (χ2n) is 3.25. The third-order valence-electron chi connectivity index (χ3n) is 2.06. The van der Waals surface area contributed by atoms with Crippen molar-refractivity contribution in [3.05, 3.63) is 18.2 Å². The van der Waals surface area contributed by atoms with Crippen molar-refractivity contribution in [1.82, 2.24) is 0 Å². The first-order chi connectivity index (χ1) is 8.19. The van der Waals surface area contributed by atoms with Gasteiger partial charge >= 0.3 is 6.36 Å². The van der Waals surface area contributed by atoms with Gasteiger partial charge in [0, 0.05) is 6.07 Å². The topological polar surface area (TPSA) is 81.4 Å². The van der Waals surface area contributed by atoms with E-state index in [2.05, 4.69) is 4.74 Å². The highest BCUT2D eigenvalue weighted by Gasteiger charge is 2.31. The molecular formula is C9H11F3N2O3S. The van der Waals surface area contributed by atoms with Crippen molar-refractivity contribution in [2.45, 2.75) is 18.2 Å². The van der Waals surface area contributed by atoms with E-state index in [1.165, 1.54) is 6.92 Å². The molecule has 0 aliphatic heterocycles. The molecule has 1 aromatic rings. The smallest absolute Gasteiger partial charge is 0.406 e. The average Bonchev–Trinajstić information content (AvgIpc) is 2.26. The lowest BCUT2D eigenvalue weighted by Crippen LogP contribution is -2.18. The molecule has 1 aromatic carbocycles. The van der Waals surface area contributed by atoms with Gasteiger partial charge in [0.05, 0.1) is 16.3 Å². The summed E-state index contributed by atoms with van der Waals surface area (Å²) in [5.41, 5.74) is 1.88.